The van der Waals surface area contributed by atoms with Gasteiger partial charge >= 0.3 is 24.0 Å². The fraction of sp³-hybridized carbons (Fsp3) is 0.0926. The smallest absolute Gasteiger partial charge is 0.354 e. The van der Waals surface area contributed by atoms with E-state index in [9.17, 15) is 29.4 Å². The van der Waals surface area contributed by atoms with Gasteiger partial charge in [0.05, 0.1) is 45.0 Å². The molecule has 19 nitrogen and oxygen atoms in total. The number of nitrogens with zero attached hydrogens (tertiary/aromatic N) is 5. The molecule has 0 atom stereocenters. The van der Waals surface area contributed by atoms with Gasteiger partial charge in [-0.2, -0.15) is 0 Å². The zero-order chi connectivity index (χ0) is 53.0. The first-order chi connectivity index (χ1) is 36.8. The molecule has 11 aromatic rings. The molecule has 5 aromatic heterocycles. The lowest BCUT2D eigenvalue weighted by Gasteiger charge is -2.14. The molecule has 5 heterocycles. The Labute approximate surface area is 443 Å². The Morgan fingerprint density at radius 2 is 1.33 bits per heavy atom. The van der Waals surface area contributed by atoms with Crippen LogP contribution in [0.4, 0.5) is 26.7 Å². The van der Waals surface area contributed by atoms with E-state index in [1.807, 2.05) is 79.7 Å². The number of thiazole rings is 2. The second kappa shape index (κ2) is 21.6. The van der Waals surface area contributed by atoms with Crippen LogP contribution >= 0.6 is 34.3 Å². The monoisotopic (exact) mass is 1080 g/mol. The van der Waals surface area contributed by atoms with Gasteiger partial charge in [-0.3, -0.25) is 8.80 Å². The fourth-order valence-electron chi connectivity index (χ4n) is 8.19. The van der Waals surface area contributed by atoms with Gasteiger partial charge in [-0.15, -0.1) is 0 Å². The van der Waals surface area contributed by atoms with Gasteiger partial charge in [-0.05, 0) is 85.6 Å². The summed E-state index contributed by atoms with van der Waals surface area (Å²) in [6.45, 7) is 3.97. The number of benzene rings is 6. The number of imidazole rings is 2. The van der Waals surface area contributed by atoms with Gasteiger partial charge in [0.15, 0.2) is 27.1 Å². The summed E-state index contributed by atoms with van der Waals surface area (Å²) in [5, 5.41) is 34.6. The Bertz CT molecular complexity index is 4000. The number of nitrogens with one attached hydrogen (secondary N) is 4. The molecular formula is C54H42ClN9O10S2. The largest absolute Gasteiger partial charge is 0.495 e. The molecular weight excluding hydrogens is 1030 g/mol. The number of aromatic nitrogens is 5. The standard InChI is InChI=1S/C27H23ClN4O5S.C27H19N5O5S/c1-3-15-10-18(12-23-24(15)32-20(25(33)34)14-30-27(32)38-23)37-21-7-5-4-6-16(21)13-29-26(35)31-17-8-9-22(36-2)19(28)11-17;1-15-23(24(31-37-15)16-5-3-2-4-6-16)30-26(35)29-17-7-9-18(10-8-17)36-19-11-12-20-22(13-19)38-27-28-14-21(25(33)34)32(20)27/h4-12,14H,3,13H2,1-2H3,(H,33,34)(H2,29,31,35);2-14H,1H3,(H,33,34)(H2,29,30,35). The zero-order valence-electron chi connectivity index (χ0n) is 40.3. The third-order valence-corrected chi connectivity index (χ3v) is 14.1. The second-order valence-corrected chi connectivity index (χ2v) is 19.1. The van der Waals surface area contributed by atoms with Crippen LogP contribution in [0.1, 0.15) is 44.8 Å². The lowest BCUT2D eigenvalue weighted by atomic mass is 10.1. The third-order valence-electron chi connectivity index (χ3n) is 11.7. The summed E-state index contributed by atoms with van der Waals surface area (Å²) in [4.78, 5) is 58.0. The molecule has 0 unspecified atom stereocenters. The number of methoxy groups -OCH3 is 1. The van der Waals surface area contributed by atoms with Gasteiger partial charge in [0.2, 0.25) is 0 Å². The maximum Gasteiger partial charge on any atom is 0.354 e. The number of carboxylic acids is 2. The number of amides is 4. The second-order valence-electron chi connectivity index (χ2n) is 16.7. The maximum absolute atomic E-state index is 12.7. The number of hydrogen-bond donors (Lipinski definition) is 6. The van der Waals surface area contributed by atoms with Crippen LogP contribution in [0.2, 0.25) is 5.02 Å². The van der Waals surface area contributed by atoms with Crippen molar-refractivity contribution < 1.29 is 48.1 Å². The average Bonchev–Trinajstić information content (AvgIpc) is 4.29. The number of hydrogen-bond acceptors (Lipinski definition) is 13. The van der Waals surface area contributed by atoms with Crippen molar-refractivity contribution in [1.29, 1.82) is 0 Å². The molecule has 382 valence electrons. The molecule has 0 aliphatic carbocycles. The maximum atomic E-state index is 12.7. The fourth-order valence-corrected chi connectivity index (χ4v) is 10.5. The van der Waals surface area contributed by atoms with Crippen LogP contribution in [0.15, 0.2) is 144 Å². The number of halogens is 1. The topological polar surface area (TPSA) is 245 Å². The highest BCUT2D eigenvalue weighted by Crippen LogP contribution is 2.37. The SMILES string of the molecule is CCc1cc(Oc2ccccc2CNC(=O)Nc2ccc(OC)c(Cl)c2)cc2sc3ncc(C(=O)O)n3c12.Cc1onc(-c2ccccc2)c1NC(=O)Nc1ccc(Oc2ccc3c(c2)sc2ncc(C(=O)O)n23)cc1. The van der Waals surface area contributed by atoms with E-state index in [1.54, 1.807) is 70.3 Å². The number of aryl methyl sites for hydroxylation is 2. The van der Waals surface area contributed by atoms with E-state index in [1.165, 1.54) is 42.2 Å². The van der Waals surface area contributed by atoms with Crippen molar-refractivity contribution in [3.8, 4) is 40.0 Å². The highest BCUT2D eigenvalue weighted by atomic mass is 35.5. The van der Waals surface area contributed by atoms with Crippen LogP contribution in [-0.4, -0.2) is 65.2 Å². The predicted molar refractivity (Wildman–Crippen MR) is 291 cm³/mol. The van der Waals surface area contributed by atoms with Crippen molar-refractivity contribution in [1.82, 2.24) is 29.2 Å². The number of urea groups is 2. The summed E-state index contributed by atoms with van der Waals surface area (Å²) in [7, 11) is 1.52. The molecule has 0 aliphatic rings. The van der Waals surface area contributed by atoms with E-state index in [0.29, 0.717) is 78.6 Å². The van der Waals surface area contributed by atoms with E-state index < -0.39 is 24.0 Å². The molecule has 0 bridgehead atoms. The summed E-state index contributed by atoms with van der Waals surface area (Å²) in [5.41, 5.74) is 6.52. The first-order valence-corrected chi connectivity index (χ1v) is 25.2. The number of rotatable bonds is 14. The quantitative estimate of drug-likeness (QED) is 0.0594. The first kappa shape index (κ1) is 50.1. The molecule has 6 aromatic carbocycles. The molecule has 11 rings (SSSR count). The van der Waals surface area contributed by atoms with Crippen LogP contribution in [0.3, 0.4) is 0 Å². The van der Waals surface area contributed by atoms with Crippen molar-refractivity contribution in [2.75, 3.05) is 23.1 Å². The number of aromatic carboxylic acids is 2. The van der Waals surface area contributed by atoms with Crippen LogP contribution < -0.4 is 35.5 Å². The molecule has 76 heavy (non-hydrogen) atoms. The summed E-state index contributed by atoms with van der Waals surface area (Å²) in [6.07, 6.45) is 3.40. The van der Waals surface area contributed by atoms with E-state index in [4.69, 9.17) is 30.3 Å². The number of para-hydroxylation sites is 1. The van der Waals surface area contributed by atoms with Gasteiger partial charge in [0.1, 0.15) is 40.1 Å². The number of anilines is 3. The minimum atomic E-state index is -1.03. The summed E-state index contributed by atoms with van der Waals surface area (Å²) >= 11 is 8.92. The van der Waals surface area contributed by atoms with Gasteiger partial charge in [0, 0.05) is 41.2 Å². The summed E-state index contributed by atoms with van der Waals surface area (Å²) < 4.78 is 27.7. The Hall–Kier alpha value is -9.44. The minimum absolute atomic E-state index is 0.113. The van der Waals surface area contributed by atoms with Crippen LogP contribution in [0, 0.1) is 6.92 Å². The Morgan fingerprint density at radius 3 is 2.05 bits per heavy atom. The van der Waals surface area contributed by atoms with Crippen LogP contribution in [0.25, 0.3) is 41.6 Å². The summed E-state index contributed by atoms with van der Waals surface area (Å²) in [6, 6.07) is 37.2. The first-order valence-electron chi connectivity index (χ1n) is 23.1. The number of carbonyl (C=O) groups is 4. The van der Waals surface area contributed by atoms with Gasteiger partial charge < -0.3 is 50.2 Å². The molecule has 0 fully saturated rings. The molecule has 0 radical (unpaired) electrons. The highest BCUT2D eigenvalue weighted by molar-refractivity contribution is 7.24. The van der Waals surface area contributed by atoms with Crippen LogP contribution in [-0.2, 0) is 13.0 Å². The van der Waals surface area contributed by atoms with Crippen LogP contribution in [0.5, 0.6) is 28.7 Å². The van der Waals surface area contributed by atoms with E-state index in [0.717, 1.165) is 37.1 Å². The van der Waals surface area contributed by atoms with E-state index in [-0.39, 0.29) is 17.9 Å². The van der Waals surface area contributed by atoms with E-state index in [2.05, 4.69) is 36.4 Å². The predicted octanol–water partition coefficient (Wildman–Crippen LogP) is 13.2. The van der Waals surface area contributed by atoms with Gasteiger partial charge in [-0.25, -0.2) is 29.1 Å². The summed E-state index contributed by atoms with van der Waals surface area (Å²) in [5.74, 6) is 1.32. The Morgan fingerprint density at radius 1 is 0.671 bits per heavy atom. The molecule has 22 heteroatoms. The highest BCUT2D eigenvalue weighted by Gasteiger charge is 2.21. The number of ether oxygens (including phenoxy) is 3. The Kier molecular flexibility index (Phi) is 14.2. The molecule has 0 spiro atoms. The third kappa shape index (κ3) is 10.5. The molecule has 0 aliphatic heterocycles. The van der Waals surface area contributed by atoms with Crippen molar-refractivity contribution in [3.05, 3.63) is 173 Å². The number of fused-ring (bicyclic) bond motifs is 6. The lowest BCUT2D eigenvalue weighted by molar-refractivity contribution is 0.0679. The number of carboxylic acid groups (broad SMARTS) is 2. The molecule has 0 saturated heterocycles. The Balaban J connectivity index is 0.000000173. The number of carbonyl (C=O) groups excluding carboxylic acids is 2. The molecule has 6 N–H and O–H groups in total. The van der Waals surface area contributed by atoms with Crippen molar-refractivity contribution in [2.45, 2.75) is 26.8 Å². The molecule has 4 amide bonds. The van der Waals surface area contributed by atoms with Crippen molar-refractivity contribution in [3.63, 3.8) is 0 Å². The van der Waals surface area contributed by atoms with Gasteiger partial charge in [0.25, 0.3) is 0 Å². The average molecular weight is 1080 g/mol. The minimum Gasteiger partial charge on any atom is -0.495 e. The normalized spacial score (nSPS) is 11.1. The lowest BCUT2D eigenvalue weighted by Crippen LogP contribution is -2.28. The van der Waals surface area contributed by atoms with E-state index >= 15 is 0 Å². The zero-order valence-corrected chi connectivity index (χ0v) is 42.7. The van der Waals surface area contributed by atoms with Crippen molar-refractivity contribution in [2.24, 2.45) is 0 Å². The van der Waals surface area contributed by atoms with Gasteiger partial charge in [-0.1, -0.05) is 94.9 Å². The molecule has 0 saturated carbocycles. The van der Waals surface area contributed by atoms with Crippen molar-refractivity contribution >= 4 is 106 Å².